The minimum absolute atomic E-state index is 0.0214. The molecule has 4 N–H and O–H groups in total. The average molecular weight is 1960 g/mol. The van der Waals surface area contributed by atoms with Gasteiger partial charge in [0.1, 0.15) is 28.7 Å². The molecule has 17 heterocycles. The number of pyridine rings is 2. The Balaban J connectivity index is 0.000000176. The summed E-state index contributed by atoms with van der Waals surface area (Å²) in [5, 5.41) is 11.3. The van der Waals surface area contributed by atoms with E-state index in [1.807, 2.05) is 114 Å². The van der Waals surface area contributed by atoms with Crippen LogP contribution in [-0.4, -0.2) is 184 Å². The second-order valence-corrected chi connectivity index (χ2v) is 49.1. The fourth-order valence-electron chi connectivity index (χ4n) is 17.5. The van der Waals surface area contributed by atoms with Crippen molar-refractivity contribution >= 4 is 77.8 Å². The van der Waals surface area contributed by atoms with Crippen LogP contribution in [0.2, 0.25) is 0 Å². The summed E-state index contributed by atoms with van der Waals surface area (Å²) in [6, 6.07) is 33.1. The number of nitrogens with zero attached hydrogens (tertiary/aromatic N) is 22. The Morgan fingerprint density at radius 2 is 1.01 bits per heavy atom. The minimum Gasteiger partial charge on any atom is -0.370 e. The first-order valence-corrected chi connectivity index (χ1v) is 51.0. The van der Waals surface area contributed by atoms with Gasteiger partial charge in [0.05, 0.1) is 37.0 Å². The smallest absolute Gasteiger partial charge is 0.332 e. The molecule has 0 radical (unpaired) electrons. The molecule has 4 aliphatic heterocycles. The van der Waals surface area contributed by atoms with E-state index in [4.69, 9.17) is 0 Å². The van der Waals surface area contributed by atoms with Crippen molar-refractivity contribution in [1.29, 1.82) is 0 Å². The van der Waals surface area contributed by atoms with E-state index in [-0.39, 0.29) is 61.1 Å². The van der Waals surface area contributed by atoms with Gasteiger partial charge in [0, 0.05) is 176 Å². The summed E-state index contributed by atoms with van der Waals surface area (Å²) in [7, 11) is 5.50. The van der Waals surface area contributed by atoms with E-state index in [1.54, 1.807) is 54.6 Å². The summed E-state index contributed by atoms with van der Waals surface area (Å²) in [5.74, 6) is 2.82. The highest BCUT2D eigenvalue weighted by Crippen LogP contribution is 2.37. The molecule has 20 rings (SSSR count). The first-order valence-electron chi connectivity index (χ1n) is 51.0. The summed E-state index contributed by atoms with van der Waals surface area (Å²) in [6.45, 7) is 77.7. The van der Waals surface area contributed by atoms with Crippen LogP contribution in [0.1, 0.15) is 286 Å². The van der Waals surface area contributed by atoms with Gasteiger partial charge in [0.25, 0.3) is 11.1 Å². The number of imidazole rings is 4. The fourth-order valence-corrected chi connectivity index (χ4v) is 17.5. The topological polar surface area (TPSA) is 301 Å². The standard InChI is InChI=1S/C13H26N2.C12H23N.2C12H15N.C11H16N4O2.C10H13N3.C10H16N2.C9H13N5.C9H12N4O2.C8H13N.C7H12N2/c1-13(2,3)15-11-7-10-14-9-6-4-5-8-12(14)15;1-12(2,3)13-8-10-4-5-11(9-13)7-6-10;1-12(2,3)13-8-10-6-4-5-7-11(10)9-13;1-12(2,3)13-9-8-10-6-4-5-7-11(10)13;1-11(2,3)15-9(16)7-8(13(4)6-12-7)14(5)10(15)17;1-10(2,3)13-7-12-8-5-4-6-11-9(8)13;1-10(2,3)12(4)9-5-7-11-8-6-9;1-9(2,3)14-8-6-7(11-4-10-6)12-5-13-8;1-9(2,3)13-4-10-5-6(13)11-8(15)12-7(5)14;1-8(2,3)9-6-4-5-7-9;1-7(2,3)9-6-4-5-8-9/h12H,4-11H2,1-3H3;10-11H,4-9H2,1-3H3;2*4-9H,1-3H3;6H,1-5H3;4-7H,1-3H3;5-8H,1-4H3;4-5H,1-3H3,(H2,10,11,12,13,14);4H,1-3H3,(H2,11,12,14,15);4-7H,1-3H3;4-6H,1-3H3. The number of rotatable bonds is 2. The molecular formula is C113H174N26O4. The van der Waals surface area contributed by atoms with Crippen LogP contribution in [0.5, 0.6) is 0 Å². The predicted octanol–water partition coefficient (Wildman–Crippen LogP) is 22.7. The SMILES string of the molecule is CC(C)(C)N1CC2CCC(CC2)C1.CC(C)(C)N1CCCN2CCCCCC21.CC(C)(C)Nc1ncnc2nc[nH]c12.CC(C)(C)n1cc2ccccc2c1.CC(C)(C)n1ccc2ccccc21.CC(C)(C)n1cccc1.CC(C)(C)n1cccn1.CC(C)(C)n1cnc2c(=O)[nH]c(=O)[nH]c21.CC(C)(C)n1cnc2cccnc21.CN(c1ccncc1)C(C)(C)C.Cn1cnc2c(=O)n(C(C)(C)C)c(=O)n(C)c21. The normalized spacial score (nSPS) is 16.2. The van der Waals surface area contributed by atoms with Crippen LogP contribution < -0.4 is 32.7 Å². The molecule has 5 fully saturated rings. The maximum atomic E-state index is 12.2. The summed E-state index contributed by atoms with van der Waals surface area (Å²) in [6.07, 6.45) is 41.7. The largest absolute Gasteiger partial charge is 0.370 e. The predicted molar refractivity (Wildman–Crippen MR) is 593 cm³/mol. The lowest BCUT2D eigenvalue weighted by atomic mass is 9.84. The Hall–Kier alpha value is -11.9. The van der Waals surface area contributed by atoms with E-state index in [9.17, 15) is 19.2 Å². The van der Waals surface area contributed by atoms with Gasteiger partial charge in [-0.2, -0.15) is 5.10 Å². The van der Waals surface area contributed by atoms with E-state index < -0.39 is 16.8 Å². The molecule has 13 aromatic heterocycles. The third-order valence-electron chi connectivity index (χ3n) is 25.7. The molecule has 0 spiro atoms. The van der Waals surface area contributed by atoms with E-state index in [1.165, 1.54) is 133 Å². The molecular weight excluding hydrogens is 1790 g/mol. The molecule has 4 saturated heterocycles. The van der Waals surface area contributed by atoms with Gasteiger partial charge in [0.15, 0.2) is 28.1 Å². The van der Waals surface area contributed by atoms with Crippen molar-refractivity contribution in [3.63, 3.8) is 0 Å². The van der Waals surface area contributed by atoms with Crippen LogP contribution >= 0.6 is 0 Å². The van der Waals surface area contributed by atoms with Gasteiger partial charge >= 0.3 is 11.4 Å². The zero-order chi connectivity index (χ0) is 106. The van der Waals surface area contributed by atoms with Gasteiger partial charge in [0.2, 0.25) is 0 Å². The van der Waals surface area contributed by atoms with Crippen LogP contribution in [0.25, 0.3) is 66.3 Å². The third-order valence-corrected chi connectivity index (χ3v) is 25.7. The second-order valence-electron chi connectivity index (χ2n) is 49.1. The van der Waals surface area contributed by atoms with Gasteiger partial charge in [-0.1, -0.05) is 55.3 Å². The Bertz CT molecular complexity index is 6490. The van der Waals surface area contributed by atoms with Gasteiger partial charge in [-0.15, -0.1) is 0 Å². The van der Waals surface area contributed by atoms with E-state index in [2.05, 4.69) is 383 Å². The lowest BCUT2D eigenvalue weighted by molar-refractivity contribution is -0.0478. The molecule has 30 heteroatoms. The minimum atomic E-state index is -0.558. The number of fused-ring (bicyclic) bond motifs is 11. The number of aromatic nitrogens is 21. The number of nitrogens with one attached hydrogen (secondary N) is 4. The molecule has 15 aromatic rings. The van der Waals surface area contributed by atoms with Crippen LogP contribution in [0.3, 0.4) is 0 Å². The molecule has 0 amide bonds. The summed E-state index contributed by atoms with van der Waals surface area (Å²) < 4.78 is 16.9. The molecule has 143 heavy (non-hydrogen) atoms. The molecule has 5 aliphatic rings. The number of benzene rings is 2. The van der Waals surface area contributed by atoms with Crippen LogP contribution in [0, 0.1) is 11.8 Å². The van der Waals surface area contributed by atoms with Crippen molar-refractivity contribution in [2.75, 3.05) is 50.0 Å². The van der Waals surface area contributed by atoms with Gasteiger partial charge < -0.3 is 42.6 Å². The molecule has 2 bridgehead atoms. The molecule has 30 nitrogen and oxygen atoms in total. The van der Waals surface area contributed by atoms with Crippen molar-refractivity contribution in [1.82, 2.24) is 116 Å². The highest BCUT2D eigenvalue weighted by atomic mass is 16.2. The summed E-state index contributed by atoms with van der Waals surface area (Å²) >= 11 is 0. The maximum absolute atomic E-state index is 12.2. The van der Waals surface area contributed by atoms with Gasteiger partial charge in [-0.3, -0.25) is 53.1 Å². The number of H-pyrrole nitrogens is 3. The summed E-state index contributed by atoms with van der Waals surface area (Å²) in [5.41, 5.74) is 6.76. The van der Waals surface area contributed by atoms with Crippen molar-refractivity contribution in [2.45, 2.75) is 353 Å². The van der Waals surface area contributed by atoms with E-state index in [0.29, 0.717) is 33.5 Å². The van der Waals surface area contributed by atoms with Crippen LogP contribution in [0.15, 0.2) is 210 Å². The number of aryl methyl sites for hydroxylation is 2. The molecule has 780 valence electrons. The highest BCUT2D eigenvalue weighted by molar-refractivity contribution is 5.83. The Morgan fingerprint density at radius 1 is 0.448 bits per heavy atom. The first-order chi connectivity index (χ1) is 66.3. The van der Waals surface area contributed by atoms with E-state index in [0.717, 1.165) is 40.5 Å². The van der Waals surface area contributed by atoms with Gasteiger partial charge in [-0.05, 0) is 363 Å². The fraction of sp³-hybridized carbons (Fsp3) is 0.566. The Morgan fingerprint density at radius 3 is 1.53 bits per heavy atom. The van der Waals surface area contributed by atoms with E-state index >= 15 is 0 Å². The monoisotopic (exact) mass is 1960 g/mol. The zero-order valence-corrected chi connectivity index (χ0v) is 93.5. The molecule has 1 unspecified atom stereocenters. The lowest BCUT2D eigenvalue weighted by Crippen LogP contribution is -2.59. The molecule has 1 saturated carbocycles. The number of hydrogen-bond donors (Lipinski definition) is 4. The van der Waals surface area contributed by atoms with Crippen LogP contribution in [0.4, 0.5) is 11.5 Å². The molecule has 2 aromatic carbocycles. The quantitative estimate of drug-likeness (QED) is 0.125. The Kier molecular flexibility index (Phi) is 37.9. The van der Waals surface area contributed by atoms with Crippen molar-refractivity contribution in [2.24, 2.45) is 25.9 Å². The number of para-hydroxylation sites is 1. The zero-order valence-electron chi connectivity index (χ0n) is 93.5. The van der Waals surface area contributed by atoms with Crippen LogP contribution in [-0.2, 0) is 52.9 Å². The number of aromatic amines is 3. The summed E-state index contributed by atoms with van der Waals surface area (Å²) in [4.78, 5) is 97.9. The number of hydrogen-bond acceptors (Lipinski definition) is 18. The Labute approximate surface area is 850 Å². The van der Waals surface area contributed by atoms with Gasteiger partial charge in [-0.25, -0.2) is 44.5 Å². The average Bonchev–Trinajstić information content (AvgIpc) is 1.56. The van der Waals surface area contributed by atoms with Crippen molar-refractivity contribution in [3.8, 4) is 0 Å². The lowest BCUT2D eigenvalue weighted by Gasteiger charge is -2.49. The number of anilines is 2. The third kappa shape index (κ3) is 32.6. The molecule has 1 aliphatic carbocycles. The highest BCUT2D eigenvalue weighted by Gasteiger charge is 2.37. The maximum Gasteiger partial charge on any atom is 0.332 e. The van der Waals surface area contributed by atoms with Crippen molar-refractivity contribution in [3.05, 3.63) is 232 Å². The van der Waals surface area contributed by atoms with Crippen molar-refractivity contribution < 1.29 is 0 Å². The second kappa shape index (κ2) is 47.3. The first kappa shape index (κ1) is 115. The molecule has 1 atom stereocenters.